The van der Waals surface area contributed by atoms with Crippen molar-refractivity contribution in [3.8, 4) is 5.88 Å². The first-order chi connectivity index (χ1) is 11.0. The molecule has 0 radical (unpaired) electrons. The van der Waals surface area contributed by atoms with E-state index in [2.05, 4.69) is 15.4 Å². The van der Waals surface area contributed by atoms with Gasteiger partial charge >= 0.3 is 0 Å². The molecule has 1 heterocycles. The molecular formula is C15H19F2N5O. The quantitative estimate of drug-likeness (QED) is 0.653. The van der Waals surface area contributed by atoms with Gasteiger partial charge in [0.2, 0.25) is 5.88 Å². The van der Waals surface area contributed by atoms with Gasteiger partial charge in [-0.2, -0.15) is 5.10 Å². The second-order valence-corrected chi connectivity index (χ2v) is 4.86. The van der Waals surface area contributed by atoms with Gasteiger partial charge in [-0.25, -0.2) is 18.5 Å². The molecule has 2 aromatic rings. The molecule has 0 aliphatic carbocycles. The van der Waals surface area contributed by atoms with Crippen molar-refractivity contribution in [2.75, 3.05) is 12.4 Å². The van der Waals surface area contributed by atoms with Gasteiger partial charge in [0.05, 0.1) is 30.6 Å². The van der Waals surface area contributed by atoms with E-state index < -0.39 is 11.6 Å². The van der Waals surface area contributed by atoms with Crippen molar-refractivity contribution in [3.05, 3.63) is 41.1 Å². The van der Waals surface area contributed by atoms with Crippen LogP contribution in [0.2, 0.25) is 0 Å². The molecule has 6 nitrogen and oxygen atoms in total. The lowest BCUT2D eigenvalue weighted by atomic mass is 10.2. The van der Waals surface area contributed by atoms with E-state index in [1.54, 1.807) is 18.8 Å². The number of aliphatic imine (C=N–C) groups is 1. The number of nitrogens with two attached hydrogens (primary N) is 1. The highest BCUT2D eigenvalue weighted by atomic mass is 19.1. The van der Waals surface area contributed by atoms with Gasteiger partial charge in [0.25, 0.3) is 0 Å². The molecule has 0 aliphatic rings. The van der Waals surface area contributed by atoms with Gasteiger partial charge in [0.15, 0.2) is 5.96 Å². The van der Waals surface area contributed by atoms with Crippen LogP contribution in [0.1, 0.15) is 18.2 Å². The van der Waals surface area contributed by atoms with Crippen molar-refractivity contribution in [2.24, 2.45) is 17.8 Å². The summed E-state index contributed by atoms with van der Waals surface area (Å²) in [5.41, 5.74) is 7.33. The second kappa shape index (κ2) is 7.08. The van der Waals surface area contributed by atoms with Gasteiger partial charge in [0, 0.05) is 13.1 Å². The van der Waals surface area contributed by atoms with Crippen LogP contribution < -0.4 is 15.8 Å². The molecule has 23 heavy (non-hydrogen) atoms. The number of aromatic nitrogens is 2. The Labute approximate surface area is 133 Å². The number of ether oxygens (including phenoxy) is 1. The molecule has 0 saturated heterocycles. The lowest BCUT2D eigenvalue weighted by Gasteiger charge is -2.07. The molecule has 1 aromatic carbocycles. The zero-order valence-corrected chi connectivity index (χ0v) is 13.2. The standard InChI is InChI=1S/C15H19F2N5O/c1-4-12-10(14(23-3)22(2)21-12)8-19-15(18)20-13-7-9(16)5-6-11(13)17/h5-7H,4,8H2,1-3H3,(H3,18,19,20). The van der Waals surface area contributed by atoms with E-state index in [0.717, 1.165) is 29.5 Å². The van der Waals surface area contributed by atoms with Crippen LogP contribution in [0.15, 0.2) is 23.2 Å². The summed E-state index contributed by atoms with van der Waals surface area (Å²) < 4.78 is 33.6. The first kappa shape index (κ1) is 16.7. The van der Waals surface area contributed by atoms with Crippen molar-refractivity contribution >= 4 is 11.6 Å². The van der Waals surface area contributed by atoms with Gasteiger partial charge in [-0.3, -0.25) is 0 Å². The SMILES string of the molecule is CCc1nn(C)c(OC)c1CN=C(N)Nc1cc(F)ccc1F. The van der Waals surface area contributed by atoms with Crippen LogP contribution in [-0.2, 0) is 20.0 Å². The summed E-state index contributed by atoms with van der Waals surface area (Å²) in [5.74, 6) is -0.612. The number of aryl methyl sites for hydroxylation is 2. The molecule has 124 valence electrons. The van der Waals surface area contributed by atoms with Crippen LogP contribution in [0.4, 0.5) is 14.5 Å². The molecule has 0 saturated carbocycles. The number of nitrogens with zero attached hydrogens (tertiary/aromatic N) is 3. The number of benzene rings is 1. The molecule has 0 atom stereocenters. The number of anilines is 1. The normalized spacial score (nSPS) is 11.6. The fourth-order valence-electron chi connectivity index (χ4n) is 2.24. The highest BCUT2D eigenvalue weighted by molar-refractivity contribution is 5.92. The smallest absolute Gasteiger partial charge is 0.216 e. The number of hydrogen-bond acceptors (Lipinski definition) is 3. The molecule has 0 fully saturated rings. The first-order valence-corrected chi connectivity index (χ1v) is 7.07. The zero-order chi connectivity index (χ0) is 17.0. The van der Waals surface area contributed by atoms with Crippen LogP contribution in [0.5, 0.6) is 5.88 Å². The monoisotopic (exact) mass is 323 g/mol. The Bertz CT molecular complexity index is 727. The van der Waals surface area contributed by atoms with E-state index in [1.807, 2.05) is 6.92 Å². The van der Waals surface area contributed by atoms with Crippen LogP contribution >= 0.6 is 0 Å². The summed E-state index contributed by atoms with van der Waals surface area (Å²) in [6.07, 6.45) is 0.716. The molecule has 0 aliphatic heterocycles. The topological polar surface area (TPSA) is 77.5 Å². The number of rotatable bonds is 5. The van der Waals surface area contributed by atoms with E-state index in [1.165, 1.54) is 0 Å². The van der Waals surface area contributed by atoms with E-state index in [4.69, 9.17) is 10.5 Å². The molecule has 0 amide bonds. The summed E-state index contributed by atoms with van der Waals surface area (Å²) in [5, 5.41) is 6.89. The molecule has 0 bridgehead atoms. The zero-order valence-electron chi connectivity index (χ0n) is 13.2. The van der Waals surface area contributed by atoms with Crippen LogP contribution in [0.3, 0.4) is 0 Å². The average molecular weight is 323 g/mol. The van der Waals surface area contributed by atoms with Gasteiger partial charge in [-0.1, -0.05) is 6.92 Å². The summed E-state index contributed by atoms with van der Waals surface area (Å²) in [4.78, 5) is 4.15. The minimum Gasteiger partial charge on any atom is -0.481 e. The molecule has 3 N–H and O–H groups in total. The van der Waals surface area contributed by atoms with Gasteiger partial charge < -0.3 is 15.8 Å². The minimum absolute atomic E-state index is 0.0255. The van der Waals surface area contributed by atoms with Gasteiger partial charge in [-0.05, 0) is 18.6 Å². The Morgan fingerprint density at radius 2 is 2.17 bits per heavy atom. The van der Waals surface area contributed by atoms with Gasteiger partial charge in [0.1, 0.15) is 11.6 Å². The first-order valence-electron chi connectivity index (χ1n) is 7.07. The Hall–Kier alpha value is -2.64. The average Bonchev–Trinajstić information content (AvgIpc) is 2.83. The maximum Gasteiger partial charge on any atom is 0.216 e. The Kier molecular flexibility index (Phi) is 5.15. The largest absolute Gasteiger partial charge is 0.481 e. The molecule has 8 heteroatoms. The lowest BCUT2D eigenvalue weighted by Crippen LogP contribution is -2.23. The number of guanidine groups is 1. The minimum atomic E-state index is -0.613. The highest BCUT2D eigenvalue weighted by Gasteiger charge is 2.15. The third kappa shape index (κ3) is 3.77. The summed E-state index contributed by atoms with van der Waals surface area (Å²) in [6, 6.07) is 3.06. The van der Waals surface area contributed by atoms with Gasteiger partial charge in [-0.15, -0.1) is 0 Å². The van der Waals surface area contributed by atoms with Crippen LogP contribution in [-0.4, -0.2) is 22.8 Å². The molecular weight excluding hydrogens is 304 g/mol. The summed E-state index contributed by atoms with van der Waals surface area (Å²) in [6.45, 7) is 2.19. The predicted octanol–water partition coefficient (Wildman–Crippen LogP) is 2.20. The fraction of sp³-hybridized carbons (Fsp3) is 0.333. The van der Waals surface area contributed by atoms with Crippen molar-refractivity contribution in [2.45, 2.75) is 19.9 Å². The third-order valence-corrected chi connectivity index (χ3v) is 3.30. The van der Waals surface area contributed by atoms with Crippen molar-refractivity contribution in [3.63, 3.8) is 0 Å². The van der Waals surface area contributed by atoms with Crippen molar-refractivity contribution in [1.29, 1.82) is 0 Å². The van der Waals surface area contributed by atoms with Crippen LogP contribution in [0, 0.1) is 11.6 Å². The summed E-state index contributed by atoms with van der Waals surface area (Å²) in [7, 11) is 3.32. The maximum absolute atomic E-state index is 13.6. The fourth-order valence-corrected chi connectivity index (χ4v) is 2.24. The molecule has 0 unspecified atom stereocenters. The van der Waals surface area contributed by atoms with E-state index in [9.17, 15) is 8.78 Å². The maximum atomic E-state index is 13.6. The van der Waals surface area contributed by atoms with Crippen molar-refractivity contribution < 1.29 is 13.5 Å². The Morgan fingerprint density at radius 3 is 2.83 bits per heavy atom. The molecule has 0 spiro atoms. The number of methoxy groups -OCH3 is 1. The molecule has 1 aromatic heterocycles. The van der Waals surface area contributed by atoms with Crippen LogP contribution in [0.25, 0.3) is 0 Å². The predicted molar refractivity (Wildman–Crippen MR) is 84.4 cm³/mol. The van der Waals surface area contributed by atoms with Crippen molar-refractivity contribution in [1.82, 2.24) is 9.78 Å². The van der Waals surface area contributed by atoms with E-state index in [0.29, 0.717) is 12.3 Å². The Morgan fingerprint density at radius 1 is 1.43 bits per heavy atom. The number of halogens is 2. The number of hydrogen-bond donors (Lipinski definition) is 2. The van der Waals surface area contributed by atoms with E-state index >= 15 is 0 Å². The Balaban J connectivity index is 2.18. The highest BCUT2D eigenvalue weighted by Crippen LogP contribution is 2.23. The lowest BCUT2D eigenvalue weighted by molar-refractivity contribution is 0.369. The number of nitrogens with one attached hydrogen (secondary N) is 1. The molecule has 2 rings (SSSR count). The second-order valence-electron chi connectivity index (χ2n) is 4.86. The summed E-state index contributed by atoms with van der Waals surface area (Å²) >= 11 is 0. The third-order valence-electron chi connectivity index (χ3n) is 3.30. The van der Waals surface area contributed by atoms with E-state index in [-0.39, 0.29) is 18.2 Å².